The number of amides is 1. The van der Waals surface area contributed by atoms with E-state index in [-0.39, 0.29) is 16.5 Å². The molecule has 0 aromatic heterocycles. The molecule has 144 valence electrons. The summed E-state index contributed by atoms with van der Waals surface area (Å²) in [7, 11) is -3.58. The largest absolute Gasteiger partial charge is 0.452 e. The standard InChI is InChI=1S/C20H23NO5S/c1-3-9-17(15-10-5-4-6-11-15)21-19(22)14-26-20(23)16-12-7-8-13-18(16)27(2,24)25/h4-8,10-13,17H,3,9,14H2,1-2H3,(H,21,22). The van der Waals surface area contributed by atoms with Crippen molar-refractivity contribution in [3.63, 3.8) is 0 Å². The Balaban J connectivity index is 2.02. The summed E-state index contributed by atoms with van der Waals surface area (Å²) in [6.45, 7) is 1.54. The molecule has 2 aromatic carbocycles. The molecule has 1 amide bonds. The summed E-state index contributed by atoms with van der Waals surface area (Å²) < 4.78 is 28.6. The molecule has 1 atom stereocenters. The van der Waals surface area contributed by atoms with Crippen molar-refractivity contribution in [2.75, 3.05) is 12.9 Å². The number of ether oxygens (including phenoxy) is 1. The first-order chi connectivity index (χ1) is 12.8. The SMILES string of the molecule is CCCC(NC(=O)COC(=O)c1ccccc1S(C)(=O)=O)c1ccccc1. The summed E-state index contributed by atoms with van der Waals surface area (Å²) in [4.78, 5) is 24.3. The Morgan fingerprint density at radius 3 is 2.30 bits per heavy atom. The first-order valence-corrected chi connectivity index (χ1v) is 10.5. The van der Waals surface area contributed by atoms with E-state index < -0.39 is 28.3 Å². The van der Waals surface area contributed by atoms with Crippen molar-refractivity contribution in [3.05, 3.63) is 65.7 Å². The number of benzene rings is 2. The molecule has 0 saturated carbocycles. The molecular weight excluding hydrogens is 366 g/mol. The van der Waals surface area contributed by atoms with Crippen LogP contribution in [0.5, 0.6) is 0 Å². The van der Waals surface area contributed by atoms with Crippen LogP contribution in [0.4, 0.5) is 0 Å². The summed E-state index contributed by atoms with van der Waals surface area (Å²) in [6, 6.07) is 15.1. The average Bonchev–Trinajstić information content (AvgIpc) is 2.66. The molecule has 0 radical (unpaired) electrons. The van der Waals surface area contributed by atoms with Gasteiger partial charge in [0.05, 0.1) is 16.5 Å². The van der Waals surface area contributed by atoms with Gasteiger partial charge in [0.15, 0.2) is 16.4 Å². The fourth-order valence-corrected chi connectivity index (χ4v) is 3.58. The smallest absolute Gasteiger partial charge is 0.339 e. The van der Waals surface area contributed by atoms with Crippen LogP contribution in [0.1, 0.15) is 41.7 Å². The van der Waals surface area contributed by atoms with E-state index in [0.717, 1.165) is 24.7 Å². The first-order valence-electron chi connectivity index (χ1n) is 8.63. The van der Waals surface area contributed by atoms with Crippen molar-refractivity contribution in [1.82, 2.24) is 5.32 Å². The van der Waals surface area contributed by atoms with Crippen LogP contribution < -0.4 is 5.32 Å². The van der Waals surface area contributed by atoms with E-state index in [1.54, 1.807) is 0 Å². The lowest BCUT2D eigenvalue weighted by molar-refractivity contribution is -0.125. The van der Waals surface area contributed by atoms with Crippen molar-refractivity contribution in [2.24, 2.45) is 0 Å². The van der Waals surface area contributed by atoms with Crippen LogP contribution in [0.3, 0.4) is 0 Å². The molecule has 0 spiro atoms. The molecule has 1 N–H and O–H groups in total. The Labute approximate surface area is 159 Å². The second kappa shape index (κ2) is 9.32. The molecule has 1 unspecified atom stereocenters. The van der Waals surface area contributed by atoms with Gasteiger partial charge in [0.25, 0.3) is 5.91 Å². The van der Waals surface area contributed by atoms with Gasteiger partial charge in [-0.15, -0.1) is 0 Å². The van der Waals surface area contributed by atoms with Crippen LogP contribution in [0.2, 0.25) is 0 Å². The Kier molecular flexibility index (Phi) is 7.12. The van der Waals surface area contributed by atoms with Crippen LogP contribution in [-0.2, 0) is 19.4 Å². The van der Waals surface area contributed by atoms with Gasteiger partial charge in [-0.1, -0.05) is 55.8 Å². The van der Waals surface area contributed by atoms with Gasteiger partial charge in [-0.05, 0) is 24.1 Å². The molecule has 27 heavy (non-hydrogen) atoms. The van der Waals surface area contributed by atoms with Crippen LogP contribution >= 0.6 is 0 Å². The van der Waals surface area contributed by atoms with Crippen molar-refractivity contribution in [3.8, 4) is 0 Å². The van der Waals surface area contributed by atoms with Gasteiger partial charge >= 0.3 is 5.97 Å². The summed E-state index contributed by atoms with van der Waals surface area (Å²) >= 11 is 0. The van der Waals surface area contributed by atoms with E-state index in [9.17, 15) is 18.0 Å². The highest BCUT2D eigenvalue weighted by Gasteiger charge is 2.21. The molecule has 7 heteroatoms. The Bertz CT molecular complexity index is 894. The number of carbonyl (C=O) groups is 2. The number of esters is 1. The maximum atomic E-state index is 12.2. The minimum atomic E-state index is -3.58. The highest BCUT2D eigenvalue weighted by atomic mass is 32.2. The zero-order valence-corrected chi connectivity index (χ0v) is 16.2. The van der Waals surface area contributed by atoms with Crippen molar-refractivity contribution in [1.29, 1.82) is 0 Å². The highest BCUT2D eigenvalue weighted by molar-refractivity contribution is 7.90. The molecule has 2 rings (SSSR count). The van der Waals surface area contributed by atoms with E-state index in [2.05, 4.69) is 5.32 Å². The molecule has 0 aliphatic rings. The van der Waals surface area contributed by atoms with E-state index >= 15 is 0 Å². The van der Waals surface area contributed by atoms with Crippen LogP contribution in [0, 0.1) is 0 Å². The van der Waals surface area contributed by atoms with Crippen molar-refractivity contribution >= 4 is 21.7 Å². The molecule has 0 saturated heterocycles. The molecule has 0 heterocycles. The lowest BCUT2D eigenvalue weighted by atomic mass is 10.0. The van der Waals surface area contributed by atoms with Gasteiger partial charge in [-0.25, -0.2) is 13.2 Å². The third-order valence-electron chi connectivity index (χ3n) is 3.96. The zero-order chi connectivity index (χ0) is 19.9. The third-order valence-corrected chi connectivity index (χ3v) is 5.11. The summed E-state index contributed by atoms with van der Waals surface area (Å²) in [5.41, 5.74) is 0.891. The van der Waals surface area contributed by atoms with Crippen LogP contribution in [-0.4, -0.2) is 33.2 Å². The number of hydrogen-bond acceptors (Lipinski definition) is 5. The highest BCUT2D eigenvalue weighted by Crippen LogP contribution is 2.18. The molecule has 0 aliphatic carbocycles. The van der Waals surface area contributed by atoms with Gasteiger partial charge in [0.2, 0.25) is 0 Å². The lowest BCUT2D eigenvalue weighted by Gasteiger charge is -2.18. The summed E-state index contributed by atoms with van der Waals surface area (Å²) in [5, 5.41) is 2.85. The summed E-state index contributed by atoms with van der Waals surface area (Å²) in [5.74, 6) is -1.29. The Hall–Kier alpha value is -2.67. The van der Waals surface area contributed by atoms with Crippen LogP contribution in [0.25, 0.3) is 0 Å². The topological polar surface area (TPSA) is 89.5 Å². The zero-order valence-electron chi connectivity index (χ0n) is 15.3. The maximum Gasteiger partial charge on any atom is 0.339 e. The summed E-state index contributed by atoms with van der Waals surface area (Å²) in [6.07, 6.45) is 2.64. The fourth-order valence-electron chi connectivity index (χ4n) is 2.70. The van der Waals surface area contributed by atoms with Gasteiger partial charge in [0.1, 0.15) is 0 Å². The van der Waals surface area contributed by atoms with Gasteiger partial charge < -0.3 is 10.1 Å². The van der Waals surface area contributed by atoms with Crippen LogP contribution in [0.15, 0.2) is 59.5 Å². The number of rotatable bonds is 8. The quantitative estimate of drug-likeness (QED) is 0.701. The minimum absolute atomic E-state index is 0.0824. The number of hydrogen-bond donors (Lipinski definition) is 1. The lowest BCUT2D eigenvalue weighted by Crippen LogP contribution is -2.32. The molecule has 2 aromatic rings. The molecular formula is C20H23NO5S. The second-order valence-corrected chi connectivity index (χ2v) is 8.15. The maximum absolute atomic E-state index is 12.2. The normalized spacial score (nSPS) is 12.2. The number of carbonyl (C=O) groups excluding carboxylic acids is 2. The van der Waals surface area contributed by atoms with E-state index in [1.165, 1.54) is 24.3 Å². The van der Waals surface area contributed by atoms with E-state index in [0.29, 0.717) is 0 Å². The minimum Gasteiger partial charge on any atom is -0.452 e. The number of nitrogens with one attached hydrogen (secondary N) is 1. The van der Waals surface area contributed by atoms with E-state index in [4.69, 9.17) is 4.74 Å². The average molecular weight is 389 g/mol. The van der Waals surface area contributed by atoms with Gasteiger partial charge in [-0.3, -0.25) is 4.79 Å². The Morgan fingerprint density at radius 1 is 1.04 bits per heavy atom. The first kappa shape index (κ1) is 20.6. The fraction of sp³-hybridized carbons (Fsp3) is 0.300. The number of sulfone groups is 1. The van der Waals surface area contributed by atoms with Crippen molar-refractivity contribution in [2.45, 2.75) is 30.7 Å². The predicted octanol–water partition coefficient (Wildman–Crippen LogP) is 2.90. The van der Waals surface area contributed by atoms with E-state index in [1.807, 2.05) is 37.3 Å². The third kappa shape index (κ3) is 5.92. The van der Waals surface area contributed by atoms with Gasteiger partial charge in [0, 0.05) is 6.26 Å². The molecule has 6 nitrogen and oxygen atoms in total. The predicted molar refractivity (Wildman–Crippen MR) is 102 cm³/mol. The molecule has 0 fully saturated rings. The van der Waals surface area contributed by atoms with Gasteiger partial charge in [-0.2, -0.15) is 0 Å². The second-order valence-electron chi connectivity index (χ2n) is 6.16. The molecule has 0 aliphatic heterocycles. The monoisotopic (exact) mass is 389 g/mol. The Morgan fingerprint density at radius 2 is 1.67 bits per heavy atom. The molecule has 0 bridgehead atoms. The van der Waals surface area contributed by atoms with Crippen molar-refractivity contribution < 1.29 is 22.7 Å².